The molecule has 18 heavy (non-hydrogen) atoms. The molecule has 0 saturated carbocycles. The van der Waals surface area contributed by atoms with Gasteiger partial charge in [0.05, 0.1) is 0 Å². The van der Waals surface area contributed by atoms with Gasteiger partial charge in [0.1, 0.15) is 5.70 Å². The van der Waals surface area contributed by atoms with Crippen LogP contribution in [0.3, 0.4) is 0 Å². The average Bonchev–Trinajstić information content (AvgIpc) is 2.50. The van der Waals surface area contributed by atoms with Crippen LogP contribution >= 0.6 is 0 Å². The van der Waals surface area contributed by atoms with Gasteiger partial charge in [-0.2, -0.15) is 13.2 Å². The summed E-state index contributed by atoms with van der Waals surface area (Å²) in [5, 5.41) is 7.47. The van der Waals surface area contributed by atoms with E-state index in [-0.39, 0.29) is 5.92 Å². The van der Waals surface area contributed by atoms with Crippen molar-refractivity contribution >= 4 is 12.4 Å². The van der Waals surface area contributed by atoms with E-state index < -0.39 is 17.3 Å². The van der Waals surface area contributed by atoms with Gasteiger partial charge in [-0.3, -0.25) is 4.99 Å². The number of hydrogen-bond donors (Lipinski definition) is 1. The highest BCUT2D eigenvalue weighted by atomic mass is 19.4. The van der Waals surface area contributed by atoms with Crippen LogP contribution in [0.4, 0.5) is 13.2 Å². The maximum absolute atomic E-state index is 12.6. The van der Waals surface area contributed by atoms with Crippen LogP contribution in [0.25, 0.3) is 0 Å². The lowest BCUT2D eigenvalue weighted by atomic mass is 9.71. The summed E-state index contributed by atoms with van der Waals surface area (Å²) >= 11 is 0. The fourth-order valence-electron chi connectivity index (χ4n) is 2.02. The van der Waals surface area contributed by atoms with Gasteiger partial charge in [-0.1, -0.05) is 20.4 Å². The van der Waals surface area contributed by atoms with Crippen molar-refractivity contribution < 1.29 is 13.2 Å². The number of aliphatic imine (C=N–C) groups is 1. The predicted molar refractivity (Wildman–Crippen MR) is 67.1 cm³/mol. The highest BCUT2D eigenvalue weighted by Gasteiger charge is 2.38. The fourth-order valence-corrected chi connectivity index (χ4v) is 2.02. The molecule has 0 radical (unpaired) electrons. The molecule has 0 aliphatic carbocycles. The molecule has 0 amide bonds. The van der Waals surface area contributed by atoms with Crippen LogP contribution in [-0.2, 0) is 0 Å². The molecule has 1 aliphatic heterocycles. The largest absolute Gasteiger partial charge is 0.433 e. The number of nitrogens with one attached hydrogen (secondary N) is 1. The molecule has 1 aliphatic rings. The number of nitrogens with zero attached hydrogens (tertiary/aromatic N) is 1. The molecule has 5 heteroatoms. The van der Waals surface area contributed by atoms with E-state index in [2.05, 4.69) is 11.6 Å². The maximum Gasteiger partial charge on any atom is 0.433 e. The second-order valence-corrected chi connectivity index (χ2v) is 4.71. The number of halogens is 3. The van der Waals surface area contributed by atoms with E-state index in [1.165, 1.54) is 12.4 Å². The van der Waals surface area contributed by atoms with E-state index in [9.17, 15) is 13.2 Å². The van der Waals surface area contributed by atoms with Gasteiger partial charge in [-0.15, -0.1) is 0 Å². The number of alkyl halides is 3. The molecule has 1 N–H and O–H groups in total. The zero-order valence-electron chi connectivity index (χ0n) is 10.5. The Labute approximate surface area is 105 Å². The van der Waals surface area contributed by atoms with E-state index in [1.807, 2.05) is 13.8 Å². The van der Waals surface area contributed by atoms with Gasteiger partial charge in [-0.25, -0.2) is 0 Å². The minimum Gasteiger partial charge on any atom is -0.313 e. The van der Waals surface area contributed by atoms with Crippen LogP contribution in [0.5, 0.6) is 0 Å². The van der Waals surface area contributed by atoms with Gasteiger partial charge in [0.2, 0.25) is 0 Å². The van der Waals surface area contributed by atoms with Crippen LogP contribution < -0.4 is 0 Å². The molecular formula is C13H17F3N2. The molecule has 0 saturated heterocycles. The van der Waals surface area contributed by atoms with Crippen molar-refractivity contribution in [3.63, 3.8) is 0 Å². The van der Waals surface area contributed by atoms with Gasteiger partial charge in [0.15, 0.2) is 0 Å². The summed E-state index contributed by atoms with van der Waals surface area (Å²) in [6, 6.07) is 0. The summed E-state index contributed by atoms with van der Waals surface area (Å²) < 4.78 is 37.8. The first kappa shape index (κ1) is 14.7. The van der Waals surface area contributed by atoms with Crippen LogP contribution in [-0.4, -0.2) is 18.6 Å². The smallest absolute Gasteiger partial charge is 0.313 e. The lowest BCUT2D eigenvalue weighted by Gasteiger charge is -2.32. The van der Waals surface area contributed by atoms with Gasteiger partial charge in [0.25, 0.3) is 0 Å². The number of hydrogen-bond acceptors (Lipinski definition) is 2. The molecule has 0 aromatic carbocycles. The van der Waals surface area contributed by atoms with Crippen molar-refractivity contribution in [1.82, 2.24) is 0 Å². The number of allylic oxidation sites excluding steroid dienone is 3. The monoisotopic (exact) mass is 258 g/mol. The Hall–Kier alpha value is -1.39. The lowest BCUT2D eigenvalue weighted by molar-refractivity contribution is -0.0922. The van der Waals surface area contributed by atoms with Crippen molar-refractivity contribution in [1.29, 1.82) is 5.41 Å². The zero-order valence-corrected chi connectivity index (χ0v) is 10.5. The minimum absolute atomic E-state index is 0.219. The Morgan fingerprint density at radius 2 is 2.17 bits per heavy atom. The van der Waals surface area contributed by atoms with Gasteiger partial charge in [0, 0.05) is 17.8 Å². The highest BCUT2D eigenvalue weighted by molar-refractivity contribution is 5.68. The van der Waals surface area contributed by atoms with Crippen LogP contribution in [0.1, 0.15) is 26.7 Å². The van der Waals surface area contributed by atoms with Crippen LogP contribution in [0, 0.1) is 16.7 Å². The third kappa shape index (κ3) is 2.89. The quantitative estimate of drug-likeness (QED) is 0.738. The Kier molecular flexibility index (Phi) is 4.14. The third-order valence-corrected chi connectivity index (χ3v) is 3.52. The maximum atomic E-state index is 12.6. The summed E-state index contributed by atoms with van der Waals surface area (Å²) in [6.07, 6.45) is 0.147. The fraction of sp³-hybridized carbons (Fsp3) is 0.538. The summed E-state index contributed by atoms with van der Waals surface area (Å²) in [6.45, 7) is 7.49. The molecule has 1 unspecified atom stereocenters. The van der Waals surface area contributed by atoms with E-state index >= 15 is 0 Å². The first-order valence-corrected chi connectivity index (χ1v) is 5.76. The van der Waals surface area contributed by atoms with Gasteiger partial charge in [-0.05, 0) is 30.4 Å². The molecule has 2 atom stereocenters. The summed E-state index contributed by atoms with van der Waals surface area (Å²) in [5.41, 5.74) is -1.02. The summed E-state index contributed by atoms with van der Waals surface area (Å²) in [7, 11) is 0. The summed E-state index contributed by atoms with van der Waals surface area (Å²) in [4.78, 5) is 3.45. The van der Waals surface area contributed by atoms with Gasteiger partial charge < -0.3 is 5.41 Å². The molecule has 0 spiro atoms. The molecular weight excluding hydrogens is 241 g/mol. The minimum atomic E-state index is -4.46. The Morgan fingerprint density at radius 1 is 1.56 bits per heavy atom. The first-order chi connectivity index (χ1) is 8.24. The molecule has 1 rings (SSSR count). The normalized spacial score (nSPS) is 24.2. The lowest BCUT2D eigenvalue weighted by Crippen LogP contribution is -2.29. The second kappa shape index (κ2) is 5.08. The van der Waals surface area contributed by atoms with E-state index in [1.54, 1.807) is 0 Å². The van der Waals surface area contributed by atoms with E-state index in [0.717, 1.165) is 6.08 Å². The van der Waals surface area contributed by atoms with Gasteiger partial charge >= 0.3 is 6.18 Å². The number of rotatable bonds is 3. The Bertz CT molecular complexity index is 407. The van der Waals surface area contributed by atoms with Crippen LogP contribution in [0.15, 0.2) is 28.9 Å². The van der Waals surface area contributed by atoms with E-state index in [0.29, 0.717) is 18.4 Å². The first-order valence-electron chi connectivity index (χ1n) is 5.76. The zero-order chi connectivity index (χ0) is 14.0. The molecule has 100 valence electrons. The highest BCUT2D eigenvalue weighted by Crippen LogP contribution is 2.39. The van der Waals surface area contributed by atoms with Crippen LogP contribution in [0.2, 0.25) is 0 Å². The standard InChI is InChI=1S/C13H17F3N2/c1-4-12(3,8-17)10-5-6-18-11(7-9(10)2)13(14,15)16/h6-8,10,17H,2,4-5H2,1,3H3/t10-,12?/m0/s1. The predicted octanol–water partition coefficient (Wildman–Crippen LogP) is 4.15. The van der Waals surface area contributed by atoms with Crippen molar-refractivity contribution in [3.05, 3.63) is 23.9 Å². The topological polar surface area (TPSA) is 36.2 Å². The third-order valence-electron chi connectivity index (χ3n) is 3.52. The molecule has 0 bridgehead atoms. The molecule has 1 heterocycles. The molecule has 0 aromatic rings. The van der Waals surface area contributed by atoms with Crippen molar-refractivity contribution in [3.8, 4) is 0 Å². The second-order valence-electron chi connectivity index (χ2n) is 4.71. The van der Waals surface area contributed by atoms with E-state index in [4.69, 9.17) is 5.41 Å². The average molecular weight is 258 g/mol. The molecule has 0 fully saturated rings. The van der Waals surface area contributed by atoms with Crippen molar-refractivity contribution in [2.75, 3.05) is 0 Å². The van der Waals surface area contributed by atoms with Crippen molar-refractivity contribution in [2.45, 2.75) is 32.9 Å². The Balaban J connectivity index is 3.11. The molecule has 2 nitrogen and oxygen atoms in total. The van der Waals surface area contributed by atoms with Crippen molar-refractivity contribution in [2.24, 2.45) is 16.3 Å². The molecule has 0 aromatic heterocycles. The Morgan fingerprint density at radius 3 is 2.61 bits per heavy atom. The SMILES string of the molecule is C=C1C=C(C(F)(F)F)N=CC[C@@H]1C(C)(C=N)CC. The summed E-state index contributed by atoms with van der Waals surface area (Å²) in [5.74, 6) is -0.219.